The highest BCUT2D eigenvalue weighted by atomic mass is 32.3. The molecule has 0 aliphatic rings. The molecule has 2 aromatic carbocycles. The van der Waals surface area contributed by atoms with Crippen molar-refractivity contribution < 1.29 is 46.2 Å². The zero-order chi connectivity index (χ0) is 20.2. The molecule has 2 N–H and O–H groups in total. The molecule has 0 amide bonds. The van der Waals surface area contributed by atoms with E-state index in [-0.39, 0.29) is 0 Å². The minimum absolute atomic E-state index is 0.528. The van der Waals surface area contributed by atoms with Crippen LogP contribution < -0.4 is 0 Å². The van der Waals surface area contributed by atoms with E-state index in [1.54, 1.807) is 0 Å². The summed E-state index contributed by atoms with van der Waals surface area (Å²) >= 11 is 0. The second kappa shape index (κ2) is 7.66. The van der Waals surface area contributed by atoms with Gasteiger partial charge in [-0.05, 0) is 24.3 Å². The lowest BCUT2D eigenvalue weighted by atomic mass is 10.1. The van der Waals surface area contributed by atoms with Gasteiger partial charge in [0.15, 0.2) is 0 Å². The fourth-order valence-corrected chi connectivity index (χ4v) is 2.57. The van der Waals surface area contributed by atoms with Crippen LogP contribution in [0.15, 0.2) is 48.5 Å². The summed E-state index contributed by atoms with van der Waals surface area (Å²) in [4.78, 5) is 46.0. The smallest absolute Gasteiger partial charge is 0.478 e. The first-order valence-corrected chi connectivity index (χ1v) is 8.33. The molecule has 140 valence electrons. The van der Waals surface area contributed by atoms with Crippen LogP contribution in [0.1, 0.15) is 41.4 Å². The largest absolute Gasteiger partial charge is 0.506 e. The van der Waals surface area contributed by atoms with E-state index in [2.05, 4.69) is 8.37 Å². The van der Waals surface area contributed by atoms with Crippen LogP contribution >= 0.6 is 0 Å². The van der Waals surface area contributed by atoms with Gasteiger partial charge >= 0.3 is 34.3 Å². The summed E-state index contributed by atoms with van der Waals surface area (Å²) in [5.74, 6) is -6.20. The Kier molecular flexibility index (Phi) is 5.56. The molecule has 0 bridgehead atoms. The number of aromatic carboxylic acids is 2. The van der Waals surface area contributed by atoms with Gasteiger partial charge in [-0.3, -0.25) is 0 Å². The molecular weight excluding hydrogens is 384 g/mol. The number of carboxylic acid groups (broad SMARTS) is 2. The van der Waals surface area contributed by atoms with Crippen LogP contribution in [0, 0.1) is 0 Å². The Balaban J connectivity index is 2.23. The SMILES string of the molecule is O=C(O)c1ccccc1C(=O)OS(=O)(=O)OC(=O)c1ccccc1C(=O)O. The van der Waals surface area contributed by atoms with Gasteiger partial charge in [0.05, 0.1) is 22.3 Å². The maximum Gasteiger partial charge on any atom is 0.506 e. The standard InChI is InChI=1S/C16H10O10S/c17-13(18)9-5-1-3-7-11(9)15(21)25-27(23,24)26-16(22)12-8-4-2-6-10(12)14(19)20/h1-8H,(H,17,18)(H,19,20). The molecule has 2 aromatic rings. The molecule has 10 nitrogen and oxygen atoms in total. The fourth-order valence-electron chi connectivity index (χ4n) is 1.99. The lowest BCUT2D eigenvalue weighted by Gasteiger charge is -2.08. The number of carboxylic acids is 2. The Morgan fingerprint density at radius 1 is 0.630 bits per heavy atom. The average Bonchev–Trinajstić information content (AvgIpc) is 2.60. The van der Waals surface area contributed by atoms with Crippen LogP contribution in [0.2, 0.25) is 0 Å². The molecule has 0 aliphatic heterocycles. The summed E-state index contributed by atoms with van der Waals surface area (Å²) in [6.07, 6.45) is 0. The van der Waals surface area contributed by atoms with Crippen molar-refractivity contribution >= 4 is 34.3 Å². The predicted octanol–water partition coefficient (Wildman–Crippen LogP) is 1.34. The number of hydrogen-bond acceptors (Lipinski definition) is 8. The molecular formula is C16H10O10S. The lowest BCUT2D eigenvalue weighted by Crippen LogP contribution is -2.22. The second-order valence-electron chi connectivity index (χ2n) is 4.85. The third-order valence-corrected chi connectivity index (χ3v) is 3.82. The summed E-state index contributed by atoms with van der Waals surface area (Å²) in [5, 5.41) is 18.0. The van der Waals surface area contributed by atoms with Gasteiger partial charge in [-0.25, -0.2) is 19.2 Å². The molecule has 0 aliphatic carbocycles. The van der Waals surface area contributed by atoms with Crippen molar-refractivity contribution in [3.8, 4) is 0 Å². The number of carbonyl (C=O) groups is 4. The van der Waals surface area contributed by atoms with Crippen LogP contribution in [-0.4, -0.2) is 42.5 Å². The predicted molar refractivity (Wildman–Crippen MR) is 86.6 cm³/mol. The van der Waals surface area contributed by atoms with Gasteiger partial charge in [-0.2, -0.15) is 0 Å². The maximum atomic E-state index is 11.9. The molecule has 0 fully saturated rings. The van der Waals surface area contributed by atoms with E-state index in [4.69, 9.17) is 10.2 Å². The molecule has 0 unspecified atom stereocenters. The Hall–Kier alpha value is -3.73. The van der Waals surface area contributed by atoms with Crippen molar-refractivity contribution in [1.82, 2.24) is 0 Å². The topological polar surface area (TPSA) is 161 Å². The number of benzene rings is 2. The fraction of sp³-hybridized carbons (Fsp3) is 0. The Bertz CT molecular complexity index is 961. The van der Waals surface area contributed by atoms with Crippen molar-refractivity contribution in [2.24, 2.45) is 0 Å². The van der Waals surface area contributed by atoms with Crippen molar-refractivity contribution in [3.05, 3.63) is 70.8 Å². The molecule has 0 atom stereocenters. The quantitative estimate of drug-likeness (QED) is 0.731. The molecule has 0 heterocycles. The normalized spacial score (nSPS) is 10.7. The summed E-state index contributed by atoms with van der Waals surface area (Å²) in [5.41, 5.74) is -2.23. The third-order valence-electron chi connectivity index (χ3n) is 3.11. The van der Waals surface area contributed by atoms with E-state index in [0.29, 0.717) is 0 Å². The van der Waals surface area contributed by atoms with E-state index >= 15 is 0 Å². The van der Waals surface area contributed by atoms with Gasteiger partial charge in [0.25, 0.3) is 0 Å². The van der Waals surface area contributed by atoms with Crippen molar-refractivity contribution in [2.45, 2.75) is 0 Å². The van der Waals surface area contributed by atoms with Crippen LogP contribution in [0.5, 0.6) is 0 Å². The minimum atomic E-state index is -5.25. The first kappa shape index (κ1) is 19.6. The first-order valence-electron chi connectivity index (χ1n) is 6.99. The highest BCUT2D eigenvalue weighted by Crippen LogP contribution is 2.15. The van der Waals surface area contributed by atoms with Crippen molar-refractivity contribution in [3.63, 3.8) is 0 Å². The van der Waals surface area contributed by atoms with Crippen LogP contribution in [0.3, 0.4) is 0 Å². The van der Waals surface area contributed by atoms with E-state index in [1.807, 2.05) is 0 Å². The molecule has 27 heavy (non-hydrogen) atoms. The second-order valence-corrected chi connectivity index (χ2v) is 6.00. The van der Waals surface area contributed by atoms with Gasteiger partial charge in [-0.15, -0.1) is 8.42 Å². The van der Waals surface area contributed by atoms with Gasteiger partial charge in [0, 0.05) is 0 Å². The van der Waals surface area contributed by atoms with E-state index in [9.17, 15) is 27.6 Å². The molecule has 0 saturated heterocycles. The summed E-state index contributed by atoms with van der Waals surface area (Å²) in [6, 6.07) is 9.23. The Morgan fingerprint density at radius 3 is 1.22 bits per heavy atom. The zero-order valence-corrected chi connectivity index (χ0v) is 14.0. The summed E-state index contributed by atoms with van der Waals surface area (Å²) in [7, 11) is -5.25. The third kappa shape index (κ3) is 4.67. The number of carbonyl (C=O) groups excluding carboxylic acids is 2. The number of hydrogen-bond donors (Lipinski definition) is 2. The van der Waals surface area contributed by atoms with Gasteiger partial charge in [0.1, 0.15) is 0 Å². The molecule has 0 aromatic heterocycles. The highest BCUT2D eigenvalue weighted by Gasteiger charge is 2.29. The highest BCUT2D eigenvalue weighted by molar-refractivity contribution is 7.82. The van der Waals surface area contributed by atoms with Gasteiger partial charge in [0.2, 0.25) is 0 Å². The average molecular weight is 394 g/mol. The van der Waals surface area contributed by atoms with E-state index in [1.165, 1.54) is 24.3 Å². The molecule has 0 saturated carbocycles. The Morgan fingerprint density at radius 2 is 0.926 bits per heavy atom. The van der Waals surface area contributed by atoms with Crippen molar-refractivity contribution in [1.29, 1.82) is 0 Å². The summed E-state index contributed by atoms with van der Waals surface area (Å²) < 4.78 is 31.7. The Labute approximate surface area is 151 Å². The molecule has 2 rings (SSSR count). The minimum Gasteiger partial charge on any atom is -0.478 e. The van der Waals surface area contributed by atoms with Crippen LogP contribution in [0.25, 0.3) is 0 Å². The van der Waals surface area contributed by atoms with Crippen LogP contribution in [-0.2, 0) is 18.8 Å². The van der Waals surface area contributed by atoms with Gasteiger partial charge < -0.3 is 18.6 Å². The molecule has 11 heteroatoms. The molecule has 0 spiro atoms. The van der Waals surface area contributed by atoms with E-state index in [0.717, 1.165) is 24.3 Å². The number of rotatable bonds is 6. The summed E-state index contributed by atoms with van der Waals surface area (Å²) in [6.45, 7) is 0. The first-order chi connectivity index (χ1) is 12.6. The van der Waals surface area contributed by atoms with Gasteiger partial charge in [-0.1, -0.05) is 24.3 Å². The van der Waals surface area contributed by atoms with Crippen molar-refractivity contribution in [2.75, 3.05) is 0 Å². The maximum absolute atomic E-state index is 11.9. The zero-order valence-electron chi connectivity index (χ0n) is 13.2. The van der Waals surface area contributed by atoms with E-state index < -0.39 is 56.5 Å². The monoisotopic (exact) mass is 394 g/mol. The molecule has 0 radical (unpaired) electrons. The lowest BCUT2D eigenvalue weighted by molar-refractivity contribution is 0.0612. The van der Waals surface area contributed by atoms with Crippen LogP contribution in [0.4, 0.5) is 0 Å².